The van der Waals surface area contributed by atoms with Crippen molar-refractivity contribution >= 4 is 10.8 Å². The van der Waals surface area contributed by atoms with Crippen LogP contribution in [0.3, 0.4) is 0 Å². The van der Waals surface area contributed by atoms with E-state index < -0.39 is 10.8 Å². The van der Waals surface area contributed by atoms with Crippen molar-refractivity contribution in [3.63, 3.8) is 0 Å². The molecule has 0 aromatic rings. The molecule has 1 N–H and O–H groups in total. The molecule has 0 heterocycles. The highest BCUT2D eigenvalue weighted by molar-refractivity contribution is 7.85. The molecular formula is C14H27NOS. The first-order valence-electron chi connectivity index (χ1n) is 7.31. The van der Waals surface area contributed by atoms with Crippen LogP contribution in [0.4, 0.5) is 0 Å². The van der Waals surface area contributed by atoms with Gasteiger partial charge in [0.25, 0.3) is 0 Å². The first-order valence-corrected chi connectivity index (χ1v) is 8.69. The SMILES string of the molecule is CCNC(CS(=O)C1CCCC(C)C1)C1CC1. The van der Waals surface area contributed by atoms with E-state index in [0.717, 1.165) is 24.1 Å². The summed E-state index contributed by atoms with van der Waals surface area (Å²) in [7, 11) is -0.602. The molecule has 2 fully saturated rings. The molecule has 2 nitrogen and oxygen atoms in total. The van der Waals surface area contributed by atoms with E-state index in [1.165, 1.54) is 38.5 Å². The minimum absolute atomic E-state index is 0.485. The Morgan fingerprint density at radius 1 is 1.29 bits per heavy atom. The van der Waals surface area contributed by atoms with Crippen LogP contribution in [0.5, 0.6) is 0 Å². The van der Waals surface area contributed by atoms with Gasteiger partial charge < -0.3 is 5.32 Å². The molecule has 17 heavy (non-hydrogen) atoms. The highest BCUT2D eigenvalue weighted by Crippen LogP contribution is 2.34. The van der Waals surface area contributed by atoms with E-state index >= 15 is 0 Å². The van der Waals surface area contributed by atoms with Gasteiger partial charge in [-0.25, -0.2) is 0 Å². The van der Waals surface area contributed by atoms with E-state index in [2.05, 4.69) is 19.2 Å². The van der Waals surface area contributed by atoms with Crippen LogP contribution in [0.1, 0.15) is 52.4 Å². The molecule has 2 saturated carbocycles. The van der Waals surface area contributed by atoms with Gasteiger partial charge in [0.15, 0.2) is 0 Å². The summed E-state index contributed by atoms with van der Waals surface area (Å²) in [6, 6.07) is 0.526. The second kappa shape index (κ2) is 6.33. The van der Waals surface area contributed by atoms with Gasteiger partial charge in [-0.2, -0.15) is 0 Å². The van der Waals surface area contributed by atoms with Crippen molar-refractivity contribution < 1.29 is 4.21 Å². The van der Waals surface area contributed by atoms with Crippen molar-refractivity contribution in [2.24, 2.45) is 11.8 Å². The summed E-state index contributed by atoms with van der Waals surface area (Å²) in [5, 5.41) is 4.02. The van der Waals surface area contributed by atoms with Crippen molar-refractivity contribution in [1.29, 1.82) is 0 Å². The highest BCUT2D eigenvalue weighted by atomic mass is 32.2. The van der Waals surface area contributed by atoms with Crippen LogP contribution in [-0.4, -0.2) is 27.8 Å². The standard InChI is InChI=1S/C14H27NOS/c1-3-15-14(12-7-8-12)10-17(16)13-6-4-5-11(2)9-13/h11-15H,3-10H2,1-2H3. The van der Waals surface area contributed by atoms with Crippen LogP contribution in [0.25, 0.3) is 0 Å². The van der Waals surface area contributed by atoms with Gasteiger partial charge in [-0.05, 0) is 44.1 Å². The number of hydrogen-bond acceptors (Lipinski definition) is 2. The highest BCUT2D eigenvalue weighted by Gasteiger charge is 2.33. The predicted octanol–water partition coefficient (Wildman–Crippen LogP) is 2.70. The molecule has 0 radical (unpaired) electrons. The van der Waals surface area contributed by atoms with Crippen LogP contribution in [0.2, 0.25) is 0 Å². The molecule has 2 aliphatic carbocycles. The Bertz CT molecular complexity index is 265. The van der Waals surface area contributed by atoms with Crippen LogP contribution in [-0.2, 0) is 10.8 Å². The van der Waals surface area contributed by atoms with Gasteiger partial charge in [-0.15, -0.1) is 0 Å². The summed E-state index contributed by atoms with van der Waals surface area (Å²) in [4.78, 5) is 0. The molecule has 2 rings (SSSR count). The zero-order chi connectivity index (χ0) is 12.3. The summed E-state index contributed by atoms with van der Waals surface area (Å²) >= 11 is 0. The summed E-state index contributed by atoms with van der Waals surface area (Å²) in [6.45, 7) is 5.48. The maximum absolute atomic E-state index is 12.4. The lowest BCUT2D eigenvalue weighted by Gasteiger charge is -2.28. The molecule has 0 bridgehead atoms. The van der Waals surface area contributed by atoms with Crippen LogP contribution in [0.15, 0.2) is 0 Å². The lowest BCUT2D eigenvalue weighted by molar-refractivity contribution is 0.388. The molecule has 100 valence electrons. The van der Waals surface area contributed by atoms with Gasteiger partial charge in [0.1, 0.15) is 0 Å². The average Bonchev–Trinajstić information content (AvgIpc) is 3.12. The second-order valence-electron chi connectivity index (χ2n) is 5.94. The Labute approximate surface area is 108 Å². The van der Waals surface area contributed by atoms with E-state index in [4.69, 9.17) is 0 Å². The zero-order valence-electron chi connectivity index (χ0n) is 11.3. The van der Waals surface area contributed by atoms with E-state index in [-0.39, 0.29) is 0 Å². The monoisotopic (exact) mass is 257 g/mol. The van der Waals surface area contributed by atoms with E-state index in [1.807, 2.05) is 0 Å². The maximum atomic E-state index is 12.4. The molecule has 2 aliphatic rings. The van der Waals surface area contributed by atoms with Crippen LogP contribution in [0, 0.1) is 11.8 Å². The van der Waals surface area contributed by atoms with Crippen LogP contribution >= 0.6 is 0 Å². The molecule has 0 aliphatic heterocycles. The minimum atomic E-state index is -0.602. The Kier molecular flexibility index (Phi) is 5.04. The third kappa shape index (κ3) is 4.06. The first-order chi connectivity index (χ1) is 8.20. The van der Waals surface area contributed by atoms with E-state index in [0.29, 0.717) is 11.3 Å². The van der Waals surface area contributed by atoms with Crippen LogP contribution < -0.4 is 5.32 Å². The van der Waals surface area contributed by atoms with Crippen molar-refractivity contribution in [1.82, 2.24) is 5.32 Å². The normalized spacial score (nSPS) is 33.3. The topological polar surface area (TPSA) is 29.1 Å². The minimum Gasteiger partial charge on any atom is -0.313 e. The molecular weight excluding hydrogens is 230 g/mol. The van der Waals surface area contributed by atoms with Crippen molar-refractivity contribution in [3.8, 4) is 0 Å². The lowest BCUT2D eigenvalue weighted by atomic mass is 9.91. The van der Waals surface area contributed by atoms with Crippen molar-refractivity contribution in [2.45, 2.75) is 63.7 Å². The number of rotatable bonds is 6. The smallest absolute Gasteiger partial charge is 0.0394 e. The third-order valence-corrected chi connectivity index (χ3v) is 6.12. The molecule has 0 saturated heterocycles. The molecule has 0 aromatic heterocycles. The van der Waals surface area contributed by atoms with Crippen molar-refractivity contribution in [3.05, 3.63) is 0 Å². The quantitative estimate of drug-likeness (QED) is 0.792. The lowest BCUT2D eigenvalue weighted by Crippen LogP contribution is -2.38. The average molecular weight is 257 g/mol. The summed E-state index contributed by atoms with van der Waals surface area (Å²) in [5.41, 5.74) is 0. The van der Waals surface area contributed by atoms with Gasteiger partial charge in [0, 0.05) is 27.8 Å². The number of hydrogen-bond donors (Lipinski definition) is 1. The zero-order valence-corrected chi connectivity index (χ0v) is 12.1. The summed E-state index contributed by atoms with van der Waals surface area (Å²) in [5.74, 6) is 2.51. The Balaban J connectivity index is 1.81. The summed E-state index contributed by atoms with van der Waals surface area (Å²) in [6.07, 6.45) is 7.70. The van der Waals surface area contributed by atoms with E-state index in [1.54, 1.807) is 0 Å². The maximum Gasteiger partial charge on any atom is 0.0394 e. The van der Waals surface area contributed by atoms with Gasteiger partial charge in [-0.3, -0.25) is 4.21 Å². The molecule has 3 heteroatoms. The number of nitrogens with one attached hydrogen (secondary N) is 1. The Hall–Kier alpha value is 0.110. The largest absolute Gasteiger partial charge is 0.313 e. The van der Waals surface area contributed by atoms with Gasteiger partial charge >= 0.3 is 0 Å². The molecule has 4 unspecified atom stereocenters. The molecule has 4 atom stereocenters. The summed E-state index contributed by atoms with van der Waals surface area (Å²) < 4.78 is 12.4. The fraction of sp³-hybridized carbons (Fsp3) is 1.00. The Morgan fingerprint density at radius 2 is 2.06 bits per heavy atom. The van der Waals surface area contributed by atoms with Crippen molar-refractivity contribution in [2.75, 3.05) is 12.3 Å². The molecule has 0 aromatic carbocycles. The third-order valence-electron chi connectivity index (χ3n) is 4.26. The van der Waals surface area contributed by atoms with E-state index in [9.17, 15) is 4.21 Å². The van der Waals surface area contributed by atoms with Gasteiger partial charge in [0.05, 0.1) is 0 Å². The molecule has 0 amide bonds. The van der Waals surface area contributed by atoms with Gasteiger partial charge in [0.2, 0.25) is 0 Å². The first kappa shape index (κ1) is 13.5. The predicted molar refractivity (Wildman–Crippen MR) is 74.6 cm³/mol. The fourth-order valence-corrected chi connectivity index (χ4v) is 5.04. The Morgan fingerprint density at radius 3 is 2.65 bits per heavy atom. The van der Waals surface area contributed by atoms with Gasteiger partial charge in [-0.1, -0.05) is 26.7 Å². The second-order valence-corrected chi connectivity index (χ2v) is 7.70. The fourth-order valence-electron chi connectivity index (χ4n) is 3.05. The molecule has 0 spiro atoms.